The molecule has 2 N–H and O–H groups in total. The van der Waals surface area contributed by atoms with Crippen molar-refractivity contribution in [1.82, 2.24) is 15.5 Å². The number of aromatic nitrogens is 2. The Morgan fingerprint density at radius 2 is 1.89 bits per heavy atom. The highest BCUT2D eigenvalue weighted by Gasteiger charge is 2.41. The highest BCUT2D eigenvalue weighted by atomic mass is 16.4. The van der Waals surface area contributed by atoms with E-state index in [0.29, 0.717) is 11.9 Å². The molecule has 0 radical (unpaired) electrons. The third kappa shape index (κ3) is 3.26. The van der Waals surface area contributed by atoms with Crippen molar-refractivity contribution in [2.24, 2.45) is 17.8 Å². The molecule has 3 rings (SSSR count). The van der Waals surface area contributed by atoms with E-state index in [4.69, 9.17) is 4.42 Å². The summed E-state index contributed by atoms with van der Waals surface area (Å²) in [4.78, 5) is 0. The molecule has 5 nitrogen and oxygen atoms in total. The molecule has 2 fully saturated rings. The van der Waals surface area contributed by atoms with Crippen molar-refractivity contribution in [2.75, 3.05) is 18.4 Å². The van der Waals surface area contributed by atoms with Crippen LogP contribution in [0.15, 0.2) is 4.42 Å². The summed E-state index contributed by atoms with van der Waals surface area (Å²) in [7, 11) is 0. The van der Waals surface area contributed by atoms with Gasteiger partial charge >= 0.3 is 6.01 Å². The quantitative estimate of drug-likeness (QED) is 0.755. The number of hydrogen-bond acceptors (Lipinski definition) is 5. The maximum Gasteiger partial charge on any atom is 0.315 e. The standard InChI is InChI=1S/C14H24N4O/c1-3-15-9(2)13-17-18-14(19-13)16-8-12(10-4-5-10)11-6-7-11/h9-12,15H,3-8H2,1-2H3,(H,16,18). The smallest absolute Gasteiger partial charge is 0.315 e. The number of hydrogen-bond donors (Lipinski definition) is 2. The minimum absolute atomic E-state index is 0.121. The fraction of sp³-hybridized carbons (Fsp3) is 0.857. The van der Waals surface area contributed by atoms with Gasteiger partial charge in [0.05, 0.1) is 6.04 Å². The predicted octanol–water partition coefficient (Wildman–Crippen LogP) is 2.59. The number of anilines is 1. The second-order valence-corrected chi connectivity index (χ2v) is 5.94. The lowest BCUT2D eigenvalue weighted by Gasteiger charge is -2.14. The summed E-state index contributed by atoms with van der Waals surface area (Å²) in [5.74, 6) is 3.38. The van der Waals surface area contributed by atoms with Crippen LogP contribution in [0.5, 0.6) is 0 Å². The average molecular weight is 264 g/mol. The molecule has 0 saturated heterocycles. The Bertz CT molecular complexity index is 399. The molecule has 19 heavy (non-hydrogen) atoms. The van der Waals surface area contributed by atoms with Crippen LogP contribution < -0.4 is 10.6 Å². The highest BCUT2D eigenvalue weighted by molar-refractivity contribution is 5.18. The molecular weight excluding hydrogens is 240 g/mol. The van der Waals surface area contributed by atoms with E-state index in [-0.39, 0.29) is 6.04 Å². The van der Waals surface area contributed by atoms with Crippen LogP contribution in [0.3, 0.4) is 0 Å². The molecule has 0 bridgehead atoms. The lowest BCUT2D eigenvalue weighted by molar-refractivity contribution is 0.408. The Balaban J connectivity index is 1.51. The Labute approximate surface area is 114 Å². The van der Waals surface area contributed by atoms with Crippen molar-refractivity contribution in [2.45, 2.75) is 45.6 Å². The normalized spacial score (nSPS) is 20.8. The van der Waals surface area contributed by atoms with E-state index in [1.165, 1.54) is 25.7 Å². The Kier molecular flexibility index (Phi) is 3.73. The maximum atomic E-state index is 5.65. The first-order valence-corrected chi connectivity index (χ1v) is 7.58. The summed E-state index contributed by atoms with van der Waals surface area (Å²) in [6.45, 7) is 6.00. The zero-order chi connectivity index (χ0) is 13.2. The van der Waals surface area contributed by atoms with Crippen molar-refractivity contribution in [1.29, 1.82) is 0 Å². The Morgan fingerprint density at radius 1 is 1.21 bits per heavy atom. The molecule has 2 aliphatic rings. The van der Waals surface area contributed by atoms with Crippen LogP contribution in [-0.4, -0.2) is 23.3 Å². The average Bonchev–Trinajstić information content (AvgIpc) is 3.31. The molecular formula is C14H24N4O. The van der Waals surface area contributed by atoms with E-state index >= 15 is 0 Å². The van der Waals surface area contributed by atoms with Crippen molar-refractivity contribution in [3.05, 3.63) is 5.89 Å². The number of rotatable bonds is 8. The summed E-state index contributed by atoms with van der Waals surface area (Å²) in [6, 6.07) is 0.696. The third-order valence-corrected chi connectivity index (χ3v) is 4.27. The van der Waals surface area contributed by atoms with Crippen molar-refractivity contribution in [3.8, 4) is 0 Å². The van der Waals surface area contributed by atoms with Gasteiger partial charge in [0.15, 0.2) is 0 Å². The third-order valence-electron chi connectivity index (χ3n) is 4.27. The second-order valence-electron chi connectivity index (χ2n) is 5.94. The van der Waals surface area contributed by atoms with Gasteiger partial charge in [-0.25, -0.2) is 0 Å². The van der Waals surface area contributed by atoms with E-state index in [9.17, 15) is 0 Å². The van der Waals surface area contributed by atoms with Crippen LogP contribution in [0.25, 0.3) is 0 Å². The SMILES string of the molecule is CCNC(C)c1nnc(NCC(C2CC2)C2CC2)o1. The largest absolute Gasteiger partial charge is 0.406 e. The van der Waals surface area contributed by atoms with E-state index in [0.717, 1.165) is 30.8 Å². The van der Waals surface area contributed by atoms with Gasteiger partial charge in [-0.15, -0.1) is 5.10 Å². The van der Waals surface area contributed by atoms with Crippen LogP contribution in [0.1, 0.15) is 51.5 Å². The van der Waals surface area contributed by atoms with Gasteiger partial charge in [-0.3, -0.25) is 0 Å². The molecule has 106 valence electrons. The zero-order valence-corrected chi connectivity index (χ0v) is 11.9. The lowest BCUT2D eigenvalue weighted by Crippen LogP contribution is -2.18. The van der Waals surface area contributed by atoms with Gasteiger partial charge in [-0.2, -0.15) is 0 Å². The van der Waals surface area contributed by atoms with Gasteiger partial charge < -0.3 is 15.1 Å². The molecule has 2 saturated carbocycles. The van der Waals surface area contributed by atoms with Gasteiger partial charge in [-0.1, -0.05) is 12.0 Å². The van der Waals surface area contributed by atoms with Gasteiger partial charge in [0.25, 0.3) is 0 Å². The number of nitrogens with zero attached hydrogens (tertiary/aromatic N) is 2. The predicted molar refractivity (Wildman–Crippen MR) is 73.8 cm³/mol. The van der Waals surface area contributed by atoms with Crippen LogP contribution >= 0.6 is 0 Å². The summed E-state index contributed by atoms with van der Waals surface area (Å²) in [6.07, 6.45) is 5.65. The van der Waals surface area contributed by atoms with E-state index < -0.39 is 0 Å². The minimum Gasteiger partial charge on any atom is -0.406 e. The van der Waals surface area contributed by atoms with Gasteiger partial charge in [0.2, 0.25) is 5.89 Å². The van der Waals surface area contributed by atoms with Gasteiger partial charge in [-0.05, 0) is 56.9 Å². The Hall–Kier alpha value is -1.10. The topological polar surface area (TPSA) is 63.0 Å². The molecule has 2 aliphatic carbocycles. The van der Waals surface area contributed by atoms with Crippen LogP contribution in [0, 0.1) is 17.8 Å². The van der Waals surface area contributed by atoms with E-state index in [1.54, 1.807) is 0 Å². The summed E-state index contributed by atoms with van der Waals surface area (Å²) < 4.78 is 5.65. The monoisotopic (exact) mass is 264 g/mol. The molecule has 0 aliphatic heterocycles. The first-order valence-electron chi connectivity index (χ1n) is 7.58. The zero-order valence-electron chi connectivity index (χ0n) is 11.9. The molecule has 1 aromatic heterocycles. The van der Waals surface area contributed by atoms with E-state index in [1.807, 2.05) is 6.92 Å². The maximum absolute atomic E-state index is 5.65. The minimum atomic E-state index is 0.121. The summed E-state index contributed by atoms with van der Waals surface area (Å²) >= 11 is 0. The highest BCUT2D eigenvalue weighted by Crippen LogP contribution is 2.49. The molecule has 5 heteroatoms. The van der Waals surface area contributed by atoms with Crippen LogP contribution in [0.4, 0.5) is 6.01 Å². The van der Waals surface area contributed by atoms with Gasteiger partial charge in [0, 0.05) is 6.54 Å². The van der Waals surface area contributed by atoms with Crippen molar-refractivity contribution >= 4 is 6.01 Å². The lowest BCUT2D eigenvalue weighted by atomic mass is 9.98. The molecule has 0 spiro atoms. The molecule has 0 amide bonds. The van der Waals surface area contributed by atoms with Crippen LogP contribution in [-0.2, 0) is 0 Å². The molecule has 0 aromatic carbocycles. The second kappa shape index (κ2) is 5.49. The molecule has 1 heterocycles. The van der Waals surface area contributed by atoms with E-state index in [2.05, 4.69) is 27.8 Å². The summed E-state index contributed by atoms with van der Waals surface area (Å²) in [5.41, 5.74) is 0. The van der Waals surface area contributed by atoms with Gasteiger partial charge in [0.1, 0.15) is 0 Å². The molecule has 1 unspecified atom stereocenters. The van der Waals surface area contributed by atoms with Crippen molar-refractivity contribution < 1.29 is 4.42 Å². The first-order chi connectivity index (χ1) is 9.28. The number of nitrogens with one attached hydrogen (secondary N) is 2. The first kappa shape index (κ1) is 12.9. The molecule has 1 aromatic rings. The van der Waals surface area contributed by atoms with Crippen LogP contribution in [0.2, 0.25) is 0 Å². The summed E-state index contributed by atoms with van der Waals surface area (Å²) in [5, 5.41) is 14.8. The Morgan fingerprint density at radius 3 is 2.47 bits per heavy atom. The molecule has 1 atom stereocenters. The van der Waals surface area contributed by atoms with Crippen molar-refractivity contribution in [3.63, 3.8) is 0 Å². The fourth-order valence-corrected chi connectivity index (χ4v) is 2.85. The fourth-order valence-electron chi connectivity index (χ4n) is 2.85.